The number of nitrogens with zero attached hydrogens (tertiary/aromatic N) is 1. The molecule has 0 atom stereocenters. The van der Waals surface area contributed by atoms with Crippen LogP contribution in [0.15, 0.2) is 35.2 Å². The third-order valence-electron chi connectivity index (χ3n) is 3.17. The van der Waals surface area contributed by atoms with Gasteiger partial charge in [-0.1, -0.05) is 17.7 Å². The molecular formula is C17H16N2OS. The molecule has 1 aromatic heterocycles. The van der Waals surface area contributed by atoms with Crippen LogP contribution in [0.2, 0.25) is 0 Å². The Balaban J connectivity index is 2.24. The van der Waals surface area contributed by atoms with Crippen molar-refractivity contribution >= 4 is 29.0 Å². The summed E-state index contributed by atoms with van der Waals surface area (Å²) in [6.07, 6.45) is 1.64. The molecule has 2 aromatic rings. The summed E-state index contributed by atoms with van der Waals surface area (Å²) < 4.78 is 0. The number of anilines is 1. The fourth-order valence-electron chi connectivity index (χ4n) is 1.96. The summed E-state index contributed by atoms with van der Waals surface area (Å²) in [5, 5.41) is 13.9. The van der Waals surface area contributed by atoms with Crippen LogP contribution < -0.4 is 5.32 Å². The molecule has 4 heteroatoms. The van der Waals surface area contributed by atoms with Crippen LogP contribution in [0.25, 0.3) is 6.08 Å². The fraction of sp³-hybridized carbons (Fsp3) is 0.176. The maximum atomic E-state index is 12.2. The van der Waals surface area contributed by atoms with Crippen molar-refractivity contribution in [1.29, 1.82) is 5.26 Å². The largest absolute Gasteiger partial charge is 0.321 e. The highest BCUT2D eigenvalue weighted by Crippen LogP contribution is 2.21. The number of rotatable bonds is 3. The molecule has 0 unspecified atom stereocenters. The number of carbonyl (C=O) groups is 1. The number of nitriles is 1. The van der Waals surface area contributed by atoms with Gasteiger partial charge >= 0.3 is 0 Å². The first-order valence-electron chi connectivity index (χ1n) is 6.55. The van der Waals surface area contributed by atoms with Crippen molar-refractivity contribution < 1.29 is 4.79 Å². The highest BCUT2D eigenvalue weighted by molar-refractivity contribution is 7.11. The van der Waals surface area contributed by atoms with E-state index in [1.54, 1.807) is 6.08 Å². The van der Waals surface area contributed by atoms with Gasteiger partial charge in [0.1, 0.15) is 11.6 Å². The molecule has 0 saturated heterocycles. The fourth-order valence-corrected chi connectivity index (χ4v) is 2.81. The number of hydrogen-bond acceptors (Lipinski definition) is 3. The Morgan fingerprint density at radius 3 is 2.57 bits per heavy atom. The van der Waals surface area contributed by atoms with Gasteiger partial charge < -0.3 is 5.32 Å². The Labute approximate surface area is 128 Å². The second kappa shape index (κ2) is 6.38. The molecule has 0 aliphatic rings. The standard InChI is InChI=1S/C17H16N2OS/c1-11-4-5-15(13(3)8-11)19-17(20)14(10-18)9-16-12(2)6-7-21-16/h4-9H,1-3H3,(H,19,20)/b14-9+. The smallest absolute Gasteiger partial charge is 0.266 e. The molecule has 1 N–H and O–H groups in total. The van der Waals surface area contributed by atoms with E-state index < -0.39 is 0 Å². The molecule has 3 nitrogen and oxygen atoms in total. The lowest BCUT2D eigenvalue weighted by Gasteiger charge is -2.08. The molecule has 0 fully saturated rings. The van der Waals surface area contributed by atoms with E-state index in [1.165, 1.54) is 11.3 Å². The van der Waals surface area contributed by atoms with Gasteiger partial charge in [0, 0.05) is 10.6 Å². The van der Waals surface area contributed by atoms with Gasteiger partial charge in [-0.2, -0.15) is 5.26 Å². The Kier molecular flexibility index (Phi) is 4.56. The predicted molar refractivity (Wildman–Crippen MR) is 87.2 cm³/mol. The molecule has 0 aliphatic carbocycles. The molecule has 0 radical (unpaired) electrons. The number of benzene rings is 1. The average molecular weight is 296 g/mol. The molecule has 2 rings (SSSR count). The van der Waals surface area contributed by atoms with Crippen LogP contribution in [0.5, 0.6) is 0 Å². The van der Waals surface area contributed by atoms with Gasteiger partial charge in [-0.15, -0.1) is 11.3 Å². The minimum Gasteiger partial charge on any atom is -0.321 e. The number of thiophene rings is 1. The molecule has 0 bridgehead atoms. The molecule has 106 valence electrons. The van der Waals surface area contributed by atoms with Crippen molar-refractivity contribution in [3.63, 3.8) is 0 Å². The van der Waals surface area contributed by atoms with Gasteiger partial charge in [0.2, 0.25) is 0 Å². The first kappa shape index (κ1) is 15.0. The summed E-state index contributed by atoms with van der Waals surface area (Å²) in [5.74, 6) is -0.378. The van der Waals surface area contributed by atoms with E-state index in [0.29, 0.717) is 0 Å². The lowest BCUT2D eigenvalue weighted by atomic mass is 10.1. The molecule has 0 spiro atoms. The monoisotopic (exact) mass is 296 g/mol. The second-order valence-corrected chi connectivity index (χ2v) is 5.86. The third kappa shape index (κ3) is 3.59. The van der Waals surface area contributed by atoms with Crippen LogP contribution >= 0.6 is 11.3 Å². The molecular weight excluding hydrogens is 280 g/mol. The van der Waals surface area contributed by atoms with E-state index in [-0.39, 0.29) is 11.5 Å². The van der Waals surface area contributed by atoms with Crippen LogP contribution in [0.1, 0.15) is 21.6 Å². The van der Waals surface area contributed by atoms with E-state index in [2.05, 4.69) is 5.32 Å². The minimum atomic E-state index is -0.378. The van der Waals surface area contributed by atoms with Gasteiger partial charge in [0.15, 0.2) is 0 Å². The summed E-state index contributed by atoms with van der Waals surface area (Å²) >= 11 is 1.51. The lowest BCUT2D eigenvalue weighted by Crippen LogP contribution is -2.14. The quantitative estimate of drug-likeness (QED) is 0.681. The summed E-state index contributed by atoms with van der Waals surface area (Å²) in [4.78, 5) is 13.2. The maximum absolute atomic E-state index is 12.2. The Morgan fingerprint density at radius 2 is 2.00 bits per heavy atom. The van der Waals surface area contributed by atoms with Crippen LogP contribution in [-0.2, 0) is 4.79 Å². The van der Waals surface area contributed by atoms with Gasteiger partial charge in [0.05, 0.1) is 0 Å². The number of amides is 1. The molecule has 0 saturated carbocycles. The van der Waals surface area contributed by atoms with Gasteiger partial charge in [-0.25, -0.2) is 0 Å². The van der Waals surface area contributed by atoms with Crippen molar-refractivity contribution in [3.8, 4) is 6.07 Å². The maximum Gasteiger partial charge on any atom is 0.266 e. The van der Waals surface area contributed by atoms with Crippen molar-refractivity contribution in [2.45, 2.75) is 20.8 Å². The second-order valence-electron chi connectivity index (χ2n) is 4.91. The van der Waals surface area contributed by atoms with Gasteiger partial charge in [-0.3, -0.25) is 4.79 Å². The predicted octanol–water partition coefficient (Wildman–Crippen LogP) is 4.22. The summed E-state index contributed by atoms with van der Waals surface area (Å²) in [6, 6.07) is 9.72. The zero-order valence-electron chi connectivity index (χ0n) is 12.2. The SMILES string of the molecule is Cc1ccc(NC(=O)/C(C#N)=C/c2sccc2C)c(C)c1. The lowest BCUT2D eigenvalue weighted by molar-refractivity contribution is -0.112. The normalized spacial score (nSPS) is 11.0. The minimum absolute atomic E-state index is 0.112. The van der Waals surface area contributed by atoms with E-state index in [4.69, 9.17) is 0 Å². The highest BCUT2D eigenvalue weighted by atomic mass is 32.1. The number of nitrogens with one attached hydrogen (secondary N) is 1. The third-order valence-corrected chi connectivity index (χ3v) is 4.14. The summed E-state index contributed by atoms with van der Waals surface area (Å²) in [6.45, 7) is 5.89. The zero-order valence-corrected chi connectivity index (χ0v) is 13.0. The number of carbonyl (C=O) groups excluding carboxylic acids is 1. The average Bonchev–Trinajstić information content (AvgIpc) is 2.84. The first-order chi connectivity index (χ1) is 10.0. The van der Waals surface area contributed by atoms with Crippen LogP contribution in [0.4, 0.5) is 5.69 Å². The Morgan fingerprint density at radius 1 is 1.24 bits per heavy atom. The van der Waals surface area contributed by atoms with Gasteiger partial charge in [0.25, 0.3) is 5.91 Å². The molecule has 1 aromatic carbocycles. The van der Waals surface area contributed by atoms with E-state index >= 15 is 0 Å². The first-order valence-corrected chi connectivity index (χ1v) is 7.43. The molecule has 21 heavy (non-hydrogen) atoms. The molecule has 1 amide bonds. The van der Waals surface area contributed by atoms with Gasteiger partial charge in [-0.05, 0) is 55.5 Å². The Hall–Kier alpha value is -2.38. The van der Waals surface area contributed by atoms with Crippen LogP contribution in [-0.4, -0.2) is 5.91 Å². The molecule has 0 aliphatic heterocycles. The van der Waals surface area contributed by atoms with E-state index in [9.17, 15) is 10.1 Å². The summed E-state index contributed by atoms with van der Waals surface area (Å²) in [5.41, 5.74) is 4.02. The zero-order chi connectivity index (χ0) is 15.4. The molecule has 1 heterocycles. The Bertz CT molecular complexity index is 750. The van der Waals surface area contributed by atoms with Crippen LogP contribution in [0.3, 0.4) is 0 Å². The van der Waals surface area contributed by atoms with Crippen molar-refractivity contribution in [1.82, 2.24) is 0 Å². The van der Waals surface area contributed by atoms with E-state index in [1.807, 2.05) is 56.5 Å². The highest BCUT2D eigenvalue weighted by Gasteiger charge is 2.11. The van der Waals surface area contributed by atoms with Crippen molar-refractivity contribution in [2.24, 2.45) is 0 Å². The van der Waals surface area contributed by atoms with Crippen molar-refractivity contribution in [3.05, 3.63) is 56.8 Å². The topological polar surface area (TPSA) is 52.9 Å². The number of hydrogen-bond donors (Lipinski definition) is 1. The number of aryl methyl sites for hydroxylation is 3. The summed E-state index contributed by atoms with van der Waals surface area (Å²) in [7, 11) is 0. The van der Waals surface area contributed by atoms with Crippen LogP contribution in [0, 0.1) is 32.1 Å². The van der Waals surface area contributed by atoms with Crippen molar-refractivity contribution in [2.75, 3.05) is 5.32 Å². The van der Waals surface area contributed by atoms with E-state index in [0.717, 1.165) is 27.3 Å².